The highest BCUT2D eigenvalue weighted by atomic mass is 16.6. The lowest BCUT2D eigenvalue weighted by Crippen LogP contribution is -2.32. The summed E-state index contributed by atoms with van der Waals surface area (Å²) >= 11 is 0. The monoisotopic (exact) mass is 496 g/mol. The van der Waals surface area contributed by atoms with Gasteiger partial charge in [-0.1, -0.05) is 24.3 Å². The van der Waals surface area contributed by atoms with Crippen molar-refractivity contribution in [3.8, 4) is 0 Å². The molecule has 0 spiro atoms. The number of nitrogens with zero attached hydrogens (tertiary/aromatic N) is 1. The quantitative estimate of drug-likeness (QED) is 0.318. The molecule has 0 fully saturated rings. The molecule has 0 radical (unpaired) electrons. The van der Waals surface area contributed by atoms with Crippen LogP contribution in [-0.4, -0.2) is 32.9 Å². The molecular weight excluding hydrogens is 456 g/mol. The van der Waals surface area contributed by atoms with Crippen molar-refractivity contribution in [3.63, 3.8) is 0 Å². The molecule has 4 rings (SSSR count). The van der Waals surface area contributed by atoms with Gasteiger partial charge in [0.15, 0.2) is 0 Å². The highest BCUT2D eigenvalue weighted by Gasteiger charge is 2.20. The van der Waals surface area contributed by atoms with E-state index in [1.165, 1.54) is 10.8 Å². The average molecular weight is 497 g/mol. The second-order valence-corrected chi connectivity index (χ2v) is 10.0. The number of fused-ring (bicyclic) bond motifs is 2. The minimum absolute atomic E-state index is 0.216. The van der Waals surface area contributed by atoms with Gasteiger partial charge in [-0.3, -0.25) is 4.57 Å². The Hall–Kier alpha value is -3.78. The predicted octanol–water partition coefficient (Wildman–Crippen LogP) is 6.08. The zero-order valence-electron chi connectivity index (χ0n) is 25.4. The zero-order valence-corrected chi connectivity index (χ0v) is 21.4. The Morgan fingerprint density at radius 2 is 1.61 bits per heavy atom. The topological polar surface area (TPSA) is 111 Å². The molecule has 4 N–H and O–H groups in total. The van der Waals surface area contributed by atoms with Crippen molar-refractivity contribution < 1.29 is 24.5 Å². The summed E-state index contributed by atoms with van der Waals surface area (Å²) in [7, 11) is 0. The third-order valence-electron chi connectivity index (χ3n) is 4.77. The van der Waals surface area contributed by atoms with E-state index in [2.05, 4.69) is 10.3 Å². The molecule has 0 saturated carbocycles. The van der Waals surface area contributed by atoms with E-state index in [1.807, 2.05) is 12.1 Å². The van der Waals surface area contributed by atoms with E-state index in [9.17, 15) is 9.59 Å². The van der Waals surface area contributed by atoms with Crippen LogP contribution in [0.25, 0.3) is 21.8 Å². The average Bonchev–Trinajstić information content (AvgIpc) is 3.42. The molecule has 8 heteroatoms. The van der Waals surface area contributed by atoms with Gasteiger partial charge in [0.2, 0.25) is 0 Å². The molecule has 192 valence electrons. The van der Waals surface area contributed by atoms with Crippen molar-refractivity contribution in [1.82, 2.24) is 14.9 Å². The molecule has 2 aromatic heterocycles. The first-order valence-corrected chi connectivity index (χ1v) is 11.5. The van der Waals surface area contributed by atoms with E-state index in [0.717, 1.165) is 10.9 Å². The van der Waals surface area contributed by atoms with Gasteiger partial charge in [-0.05, 0) is 76.9 Å². The molecule has 0 aliphatic rings. The van der Waals surface area contributed by atoms with Gasteiger partial charge in [0.25, 0.3) is 0 Å². The fourth-order valence-corrected chi connectivity index (χ4v) is 3.38. The maximum atomic E-state index is 12.4. The van der Waals surface area contributed by atoms with Crippen molar-refractivity contribution in [2.45, 2.75) is 65.7 Å². The smallest absolute Gasteiger partial charge is 0.418 e. The molecule has 36 heavy (non-hydrogen) atoms. The Labute approximate surface area is 217 Å². The number of amides is 1. The standard InChI is InChI=1S/C19H26N2O4.C9H10N2/c1-18(2,3)24-16(22)20-12-13-8-7-9-15-14(13)10-11-21(15)17(23)25-19(4,5)6;10-6-7-2-1-3-9-8(7)4-5-11-9/h7-11H,12H2,1-6H3,(H,20,22);1-5,11H,6,10H2/i12D2;6D2. The molecule has 2 heterocycles. The number of aromatic amines is 1. The van der Waals surface area contributed by atoms with Gasteiger partial charge in [0.05, 0.1) is 8.26 Å². The fourth-order valence-electron chi connectivity index (χ4n) is 3.38. The Kier molecular flexibility index (Phi) is 6.49. The second kappa shape index (κ2) is 10.9. The van der Waals surface area contributed by atoms with Gasteiger partial charge in [-0.25, -0.2) is 9.59 Å². The Balaban J connectivity index is 0.000000281. The normalized spacial score (nSPS) is 14.1. The number of nitrogens with two attached hydrogens (primary N) is 1. The molecule has 0 saturated heterocycles. The molecule has 0 aliphatic carbocycles. The molecule has 8 nitrogen and oxygen atoms in total. The summed E-state index contributed by atoms with van der Waals surface area (Å²) < 4.78 is 43.2. The lowest BCUT2D eigenvalue weighted by atomic mass is 10.1. The predicted molar refractivity (Wildman–Crippen MR) is 143 cm³/mol. The summed E-state index contributed by atoms with van der Waals surface area (Å²) in [4.78, 5) is 27.4. The number of H-pyrrole nitrogens is 1. The summed E-state index contributed by atoms with van der Waals surface area (Å²) in [5.41, 5.74) is 6.13. The van der Waals surface area contributed by atoms with Crippen LogP contribution in [0.3, 0.4) is 0 Å². The minimum Gasteiger partial charge on any atom is -0.444 e. The van der Waals surface area contributed by atoms with Crippen molar-refractivity contribution in [3.05, 3.63) is 72.1 Å². The highest BCUT2D eigenvalue weighted by Crippen LogP contribution is 2.22. The first kappa shape index (κ1) is 21.5. The zero-order chi connectivity index (χ0) is 30.1. The second-order valence-electron chi connectivity index (χ2n) is 10.0. The van der Waals surface area contributed by atoms with Gasteiger partial charge in [-0.2, -0.15) is 0 Å². The Bertz CT molecular complexity index is 1510. The number of hydrogen-bond acceptors (Lipinski definition) is 5. The van der Waals surface area contributed by atoms with Gasteiger partial charge < -0.3 is 25.5 Å². The van der Waals surface area contributed by atoms with Crippen LogP contribution in [0.4, 0.5) is 9.59 Å². The van der Waals surface area contributed by atoms with Gasteiger partial charge in [0.1, 0.15) is 11.2 Å². The summed E-state index contributed by atoms with van der Waals surface area (Å²) in [6.07, 6.45) is 1.87. The first-order chi connectivity index (χ1) is 18.3. The third kappa shape index (κ3) is 7.11. The molecule has 4 aromatic rings. The van der Waals surface area contributed by atoms with Crippen LogP contribution < -0.4 is 11.1 Å². The summed E-state index contributed by atoms with van der Waals surface area (Å²) in [5, 5.41) is 3.58. The van der Waals surface area contributed by atoms with E-state index < -0.39 is 36.4 Å². The Morgan fingerprint density at radius 1 is 0.944 bits per heavy atom. The third-order valence-corrected chi connectivity index (χ3v) is 4.77. The van der Waals surface area contributed by atoms with Crippen LogP contribution in [0.5, 0.6) is 0 Å². The molecule has 2 aromatic carbocycles. The van der Waals surface area contributed by atoms with Crippen molar-refractivity contribution in [2.75, 3.05) is 0 Å². The van der Waals surface area contributed by atoms with Crippen LogP contribution in [0.1, 0.15) is 58.2 Å². The van der Waals surface area contributed by atoms with Crippen LogP contribution in [0.2, 0.25) is 0 Å². The lowest BCUT2D eigenvalue weighted by molar-refractivity contribution is 0.0518. The number of nitrogens with one attached hydrogen (secondary N) is 2. The first-order valence-electron chi connectivity index (χ1n) is 13.5. The molecule has 0 bridgehead atoms. The number of carbonyl (C=O) groups is 2. The summed E-state index contributed by atoms with van der Waals surface area (Å²) in [5.74, 6) is 0. The van der Waals surface area contributed by atoms with Gasteiger partial charge >= 0.3 is 12.2 Å². The number of alkyl carbamates (subject to hydrolysis) is 1. The fraction of sp³-hybridized carbons (Fsp3) is 0.357. The summed E-state index contributed by atoms with van der Waals surface area (Å²) in [6, 6.07) is 13.7. The van der Waals surface area contributed by atoms with Gasteiger partial charge in [0, 0.05) is 44.4 Å². The maximum Gasteiger partial charge on any atom is 0.418 e. The lowest BCUT2D eigenvalue weighted by Gasteiger charge is -2.20. The molecular formula is C28H36N4O4. The number of aromatic nitrogens is 2. The van der Waals surface area contributed by atoms with E-state index in [4.69, 9.17) is 20.7 Å². The van der Waals surface area contributed by atoms with E-state index >= 15 is 0 Å². The summed E-state index contributed by atoms with van der Waals surface area (Å²) in [6.45, 7) is 6.43. The van der Waals surface area contributed by atoms with Crippen LogP contribution >= 0.6 is 0 Å². The van der Waals surface area contributed by atoms with Crippen LogP contribution in [0, 0.1) is 0 Å². The number of rotatable bonds is 3. The van der Waals surface area contributed by atoms with E-state index in [1.54, 1.807) is 84.1 Å². The minimum atomic E-state index is -2.19. The van der Waals surface area contributed by atoms with Crippen molar-refractivity contribution >= 4 is 34.0 Å². The molecule has 0 aliphatic heterocycles. The van der Waals surface area contributed by atoms with Gasteiger partial charge in [-0.15, -0.1) is 0 Å². The molecule has 1 amide bonds. The number of hydrogen-bond donors (Lipinski definition) is 3. The SMILES string of the molecule is [2H]C([2H])(N)c1cccc2[nH]ccc12.[2H]C([2H])(NC(=O)OC(C)(C)C)c1cccc2c1ccn2C(=O)OC(C)(C)C. The molecule has 0 atom stereocenters. The number of carbonyl (C=O) groups excluding carboxylic acids is 2. The molecule has 0 unspecified atom stereocenters. The maximum absolute atomic E-state index is 12.4. The largest absolute Gasteiger partial charge is 0.444 e. The van der Waals surface area contributed by atoms with E-state index in [0.29, 0.717) is 16.5 Å². The number of benzene rings is 2. The number of ether oxygens (including phenoxy) is 2. The van der Waals surface area contributed by atoms with Crippen molar-refractivity contribution in [2.24, 2.45) is 5.73 Å². The highest BCUT2D eigenvalue weighted by molar-refractivity contribution is 5.91. The van der Waals surface area contributed by atoms with Crippen LogP contribution in [-0.2, 0) is 22.5 Å². The van der Waals surface area contributed by atoms with Crippen LogP contribution in [0.15, 0.2) is 60.9 Å². The van der Waals surface area contributed by atoms with E-state index in [-0.39, 0.29) is 5.56 Å². The Morgan fingerprint density at radius 3 is 2.28 bits per heavy atom. The van der Waals surface area contributed by atoms with Crippen molar-refractivity contribution in [1.29, 1.82) is 0 Å².